The molecule has 5 nitrogen and oxygen atoms in total. The number of carboxylic acids is 1. The molecular formula is C14H24N2O3. The first-order valence-corrected chi connectivity index (χ1v) is 7.29. The number of rotatable bonds is 6. The van der Waals surface area contributed by atoms with Crippen molar-refractivity contribution in [2.75, 3.05) is 13.6 Å². The summed E-state index contributed by atoms with van der Waals surface area (Å²) < 4.78 is 0. The zero-order valence-corrected chi connectivity index (χ0v) is 11.6. The molecular weight excluding hydrogens is 244 g/mol. The number of carbonyl (C=O) groups is 2. The third-order valence-electron chi connectivity index (χ3n) is 4.25. The van der Waals surface area contributed by atoms with Crippen molar-refractivity contribution in [2.24, 2.45) is 11.8 Å². The standard InChI is InChI=1S/C14H24N2O3/c1-16(9-10-4-2-3-5-10)14(19)15-12(8-13(17)18)11-6-7-11/h10-12H,2-9H2,1H3,(H,15,19)(H,17,18). The van der Waals surface area contributed by atoms with Crippen LogP contribution in [0.1, 0.15) is 44.9 Å². The van der Waals surface area contributed by atoms with Crippen LogP contribution >= 0.6 is 0 Å². The van der Waals surface area contributed by atoms with E-state index in [1.807, 2.05) is 0 Å². The summed E-state index contributed by atoms with van der Waals surface area (Å²) in [5.41, 5.74) is 0. The summed E-state index contributed by atoms with van der Waals surface area (Å²) in [5.74, 6) is 0.144. The highest BCUT2D eigenvalue weighted by atomic mass is 16.4. The minimum Gasteiger partial charge on any atom is -0.481 e. The zero-order valence-electron chi connectivity index (χ0n) is 11.6. The van der Waals surface area contributed by atoms with Crippen molar-refractivity contribution < 1.29 is 14.7 Å². The maximum atomic E-state index is 12.1. The van der Waals surface area contributed by atoms with Crippen LogP contribution in [0.3, 0.4) is 0 Å². The summed E-state index contributed by atoms with van der Waals surface area (Å²) in [4.78, 5) is 24.6. The van der Waals surface area contributed by atoms with Crippen LogP contribution in [0.2, 0.25) is 0 Å². The smallest absolute Gasteiger partial charge is 0.317 e. The van der Waals surface area contributed by atoms with Crippen molar-refractivity contribution in [3.8, 4) is 0 Å². The molecule has 0 saturated heterocycles. The normalized spacial score (nSPS) is 21.1. The third-order valence-corrected chi connectivity index (χ3v) is 4.25. The fourth-order valence-electron chi connectivity index (χ4n) is 2.95. The highest BCUT2D eigenvalue weighted by molar-refractivity contribution is 5.75. The van der Waals surface area contributed by atoms with Crippen LogP contribution in [0.15, 0.2) is 0 Å². The summed E-state index contributed by atoms with van der Waals surface area (Å²) in [6.07, 6.45) is 7.05. The number of aliphatic carboxylic acids is 1. The lowest BCUT2D eigenvalue weighted by atomic mass is 10.1. The Morgan fingerprint density at radius 2 is 1.89 bits per heavy atom. The second-order valence-electron chi connectivity index (χ2n) is 6.02. The minimum absolute atomic E-state index is 0.0354. The first-order valence-electron chi connectivity index (χ1n) is 7.29. The number of nitrogens with one attached hydrogen (secondary N) is 1. The highest BCUT2D eigenvalue weighted by Gasteiger charge is 2.34. The largest absolute Gasteiger partial charge is 0.481 e. The van der Waals surface area contributed by atoms with Gasteiger partial charge in [0.1, 0.15) is 0 Å². The lowest BCUT2D eigenvalue weighted by Crippen LogP contribution is -2.46. The Hall–Kier alpha value is -1.26. The number of nitrogens with zero attached hydrogens (tertiary/aromatic N) is 1. The fourth-order valence-corrected chi connectivity index (χ4v) is 2.95. The van der Waals surface area contributed by atoms with Crippen molar-refractivity contribution in [2.45, 2.75) is 51.0 Å². The van der Waals surface area contributed by atoms with Gasteiger partial charge >= 0.3 is 12.0 Å². The Balaban J connectivity index is 1.78. The van der Waals surface area contributed by atoms with E-state index in [1.54, 1.807) is 11.9 Å². The molecule has 0 spiro atoms. The van der Waals surface area contributed by atoms with E-state index < -0.39 is 5.97 Å². The molecule has 108 valence electrons. The molecule has 2 aliphatic rings. The molecule has 0 aliphatic heterocycles. The topological polar surface area (TPSA) is 69.6 Å². The van der Waals surface area contributed by atoms with Crippen LogP contribution in [0.25, 0.3) is 0 Å². The predicted molar refractivity (Wildman–Crippen MR) is 71.9 cm³/mol. The van der Waals surface area contributed by atoms with Gasteiger partial charge in [-0.1, -0.05) is 12.8 Å². The average molecular weight is 268 g/mol. The number of carboxylic acid groups (broad SMARTS) is 1. The molecule has 2 saturated carbocycles. The zero-order chi connectivity index (χ0) is 13.8. The Morgan fingerprint density at radius 1 is 1.26 bits per heavy atom. The third kappa shape index (κ3) is 4.40. The number of urea groups is 1. The van der Waals surface area contributed by atoms with Gasteiger partial charge in [-0.2, -0.15) is 0 Å². The van der Waals surface area contributed by atoms with Crippen molar-refractivity contribution in [1.29, 1.82) is 0 Å². The SMILES string of the molecule is CN(CC1CCCC1)C(=O)NC(CC(=O)O)C1CC1. The van der Waals surface area contributed by atoms with Gasteiger partial charge in [0.25, 0.3) is 0 Å². The van der Waals surface area contributed by atoms with Crippen LogP contribution in [-0.2, 0) is 4.79 Å². The molecule has 1 unspecified atom stereocenters. The van der Waals surface area contributed by atoms with E-state index in [4.69, 9.17) is 5.11 Å². The van der Waals surface area contributed by atoms with Gasteiger partial charge in [0.05, 0.1) is 6.42 Å². The second-order valence-corrected chi connectivity index (χ2v) is 6.02. The van der Waals surface area contributed by atoms with Crippen molar-refractivity contribution >= 4 is 12.0 Å². The second kappa shape index (κ2) is 6.26. The molecule has 2 amide bonds. The van der Waals surface area contributed by atoms with Crippen molar-refractivity contribution in [3.63, 3.8) is 0 Å². The van der Waals surface area contributed by atoms with Gasteiger partial charge in [-0.3, -0.25) is 4.79 Å². The van der Waals surface area contributed by atoms with E-state index in [-0.39, 0.29) is 18.5 Å². The number of carbonyl (C=O) groups excluding carboxylic acids is 1. The summed E-state index contributed by atoms with van der Waals surface area (Å²) in [6, 6.07) is -0.318. The quantitative estimate of drug-likeness (QED) is 0.774. The molecule has 2 fully saturated rings. The molecule has 0 aromatic rings. The first kappa shape index (κ1) is 14.2. The lowest BCUT2D eigenvalue weighted by Gasteiger charge is -2.24. The molecule has 2 aliphatic carbocycles. The van der Waals surface area contributed by atoms with E-state index in [9.17, 15) is 9.59 Å². The summed E-state index contributed by atoms with van der Waals surface area (Å²) in [7, 11) is 1.80. The summed E-state index contributed by atoms with van der Waals surface area (Å²) >= 11 is 0. The van der Waals surface area contributed by atoms with E-state index in [0.29, 0.717) is 11.8 Å². The molecule has 0 aromatic carbocycles. The van der Waals surface area contributed by atoms with Gasteiger partial charge in [-0.15, -0.1) is 0 Å². The molecule has 0 bridgehead atoms. The predicted octanol–water partition coefficient (Wildman–Crippen LogP) is 2.07. The van der Waals surface area contributed by atoms with E-state index >= 15 is 0 Å². The number of amides is 2. The molecule has 0 radical (unpaired) electrons. The van der Waals surface area contributed by atoms with E-state index in [0.717, 1.165) is 19.4 Å². The maximum absolute atomic E-state index is 12.1. The van der Waals surface area contributed by atoms with Gasteiger partial charge in [-0.25, -0.2) is 4.79 Å². The fraction of sp³-hybridized carbons (Fsp3) is 0.857. The van der Waals surface area contributed by atoms with Gasteiger partial charge < -0.3 is 15.3 Å². The van der Waals surface area contributed by atoms with Crippen molar-refractivity contribution in [1.82, 2.24) is 10.2 Å². The van der Waals surface area contributed by atoms with Crippen LogP contribution in [-0.4, -0.2) is 41.6 Å². The number of hydrogen-bond acceptors (Lipinski definition) is 2. The van der Waals surface area contributed by atoms with Gasteiger partial charge in [-0.05, 0) is 37.5 Å². The summed E-state index contributed by atoms with van der Waals surface area (Å²) in [6.45, 7) is 0.788. The van der Waals surface area contributed by atoms with Gasteiger partial charge in [0.2, 0.25) is 0 Å². The molecule has 19 heavy (non-hydrogen) atoms. The molecule has 5 heteroatoms. The molecule has 1 atom stereocenters. The molecule has 2 rings (SSSR count). The first-order chi connectivity index (χ1) is 9.06. The van der Waals surface area contributed by atoms with Crippen molar-refractivity contribution in [3.05, 3.63) is 0 Å². The van der Waals surface area contributed by atoms with Gasteiger partial charge in [0, 0.05) is 19.6 Å². The van der Waals surface area contributed by atoms with Crippen LogP contribution < -0.4 is 5.32 Å². The minimum atomic E-state index is -0.837. The summed E-state index contributed by atoms with van der Waals surface area (Å²) in [5, 5.41) is 11.8. The van der Waals surface area contributed by atoms with Crippen LogP contribution in [0.5, 0.6) is 0 Å². The Morgan fingerprint density at radius 3 is 2.42 bits per heavy atom. The highest BCUT2D eigenvalue weighted by Crippen LogP contribution is 2.34. The van der Waals surface area contributed by atoms with Gasteiger partial charge in [0.15, 0.2) is 0 Å². The maximum Gasteiger partial charge on any atom is 0.317 e. The lowest BCUT2D eigenvalue weighted by molar-refractivity contribution is -0.137. The van der Waals surface area contributed by atoms with E-state index in [2.05, 4.69) is 5.32 Å². The Kier molecular flexibility index (Phi) is 4.66. The monoisotopic (exact) mass is 268 g/mol. The average Bonchev–Trinajstić information content (AvgIpc) is 3.07. The Bertz CT molecular complexity index is 336. The molecule has 0 heterocycles. The van der Waals surface area contributed by atoms with Crippen LogP contribution in [0.4, 0.5) is 4.79 Å². The van der Waals surface area contributed by atoms with E-state index in [1.165, 1.54) is 25.7 Å². The number of hydrogen-bond donors (Lipinski definition) is 2. The van der Waals surface area contributed by atoms with Crippen LogP contribution in [0, 0.1) is 11.8 Å². The molecule has 2 N–H and O–H groups in total. The Labute approximate surface area is 114 Å². The molecule has 0 aromatic heterocycles.